The largest absolute Gasteiger partial charge is 0.411 e. The molecule has 1 rings (SSSR count). The second-order valence-corrected chi connectivity index (χ2v) is 10.4. The molecule has 0 heterocycles. The Morgan fingerprint density at radius 3 is 2.50 bits per heavy atom. The molecule has 1 aliphatic rings. The first-order chi connectivity index (χ1) is 6.72. The van der Waals surface area contributed by atoms with Crippen LogP contribution in [0.1, 0.15) is 41.4 Å². The summed E-state index contributed by atoms with van der Waals surface area (Å²) in [5.41, 5.74) is 0. The maximum Gasteiger partial charge on any atom is 0.192 e. The van der Waals surface area contributed by atoms with E-state index in [4.69, 9.17) is 5.80 Å². The summed E-state index contributed by atoms with van der Waals surface area (Å²) in [6, 6.07) is 0. The number of rotatable bonds is 2. The Kier molecular flexibility index (Phi) is 3.13. The second kappa shape index (κ2) is 4.19. The van der Waals surface area contributed by atoms with Crippen LogP contribution in [0.25, 0.3) is 0 Å². The van der Waals surface area contributed by atoms with E-state index in [1.165, 1.54) is 0 Å². The lowest BCUT2D eigenvalue weighted by molar-refractivity contribution is 0.207. The van der Waals surface area contributed by atoms with Gasteiger partial charge in [-0.05, 0) is 37.4 Å². The lowest BCUT2D eigenvalue weighted by Gasteiger charge is -2.39. The summed E-state index contributed by atoms with van der Waals surface area (Å²) >= 11 is 0. The highest BCUT2D eigenvalue weighted by Gasteiger charge is 2.38. The van der Waals surface area contributed by atoms with E-state index in [1.54, 1.807) is 0 Å². The lowest BCUT2D eigenvalue weighted by atomic mass is 10.1. The molecule has 0 amide bonds. The fraction of sp³-hybridized carbons (Fsp3) is 0.833. The smallest absolute Gasteiger partial charge is 0.192 e. The fourth-order valence-electron chi connectivity index (χ4n) is 1.31. The van der Waals surface area contributed by atoms with E-state index in [0.717, 1.165) is 12.8 Å². The van der Waals surface area contributed by atoms with Crippen LogP contribution in [0.15, 0.2) is 12.2 Å². The summed E-state index contributed by atoms with van der Waals surface area (Å²) < 4.78 is 13.8. The van der Waals surface area contributed by atoms with E-state index in [1.807, 2.05) is 6.08 Å². The molecule has 1 aliphatic carbocycles. The van der Waals surface area contributed by atoms with Crippen molar-refractivity contribution in [2.24, 2.45) is 0 Å². The summed E-state index contributed by atoms with van der Waals surface area (Å²) in [6.45, 7) is 11.4. The van der Waals surface area contributed by atoms with Crippen molar-refractivity contribution in [2.75, 3.05) is 0 Å². The minimum atomic E-state index is -1.63. The third-order valence-electron chi connectivity index (χ3n) is 3.33. The molecule has 0 bridgehead atoms. The average Bonchev–Trinajstić information content (AvgIpc) is 2.06. The van der Waals surface area contributed by atoms with Crippen molar-refractivity contribution in [1.29, 1.82) is 0 Å². The first-order valence-electron chi connectivity index (χ1n) is 6.08. The van der Waals surface area contributed by atoms with Crippen LogP contribution in [0.2, 0.25) is 18.1 Å². The molecule has 1 nitrogen and oxygen atoms in total. The van der Waals surface area contributed by atoms with Gasteiger partial charge in [0.1, 0.15) is 0 Å². The van der Waals surface area contributed by atoms with Crippen molar-refractivity contribution < 1.29 is 5.80 Å². The third kappa shape index (κ3) is 2.96. The molecule has 0 aromatic heterocycles. The van der Waals surface area contributed by atoms with E-state index >= 15 is 0 Å². The standard InChI is InChI=1S/C12H24OSi/c1-12(2,3)14(4,5)13-11-9-7-6-8-10-11/h7,9,11H,6,8,10H2,1-5H3/t11-/m0/s1/i6D/t6-,11-. The number of hydrogen-bond acceptors (Lipinski definition) is 1. The van der Waals surface area contributed by atoms with Gasteiger partial charge in [0.25, 0.3) is 0 Å². The SMILES string of the molecule is [2H][C@H]1C=C[C@H](O[Si](C)(C)C(C)(C)C)CC1. The van der Waals surface area contributed by atoms with E-state index in [9.17, 15) is 0 Å². The fourth-order valence-corrected chi connectivity index (χ4v) is 2.62. The normalized spacial score (nSPS) is 30.2. The van der Waals surface area contributed by atoms with Crippen LogP contribution in [0.5, 0.6) is 0 Å². The highest BCUT2D eigenvalue weighted by atomic mass is 28.4. The highest BCUT2D eigenvalue weighted by molar-refractivity contribution is 6.74. The third-order valence-corrected chi connectivity index (χ3v) is 7.84. The maximum absolute atomic E-state index is 7.58. The minimum absolute atomic E-state index is 0.00994. The van der Waals surface area contributed by atoms with Crippen molar-refractivity contribution in [3.8, 4) is 0 Å². The van der Waals surface area contributed by atoms with Crippen LogP contribution in [-0.4, -0.2) is 14.4 Å². The number of allylic oxidation sites excluding steroid dienone is 1. The van der Waals surface area contributed by atoms with Crippen molar-refractivity contribution in [1.82, 2.24) is 0 Å². The van der Waals surface area contributed by atoms with Gasteiger partial charge in [-0.1, -0.05) is 32.9 Å². The molecule has 0 spiro atoms. The average molecular weight is 213 g/mol. The Labute approximate surface area is 91.1 Å². The molecule has 0 aromatic rings. The highest BCUT2D eigenvalue weighted by Crippen LogP contribution is 2.38. The predicted molar refractivity (Wildman–Crippen MR) is 65.1 cm³/mol. The Hall–Kier alpha value is -0.0831. The van der Waals surface area contributed by atoms with Gasteiger partial charge in [0.2, 0.25) is 0 Å². The van der Waals surface area contributed by atoms with Crippen LogP contribution in [0.4, 0.5) is 0 Å². The first-order valence-corrected chi connectivity index (χ1v) is 8.41. The van der Waals surface area contributed by atoms with Gasteiger partial charge in [-0.25, -0.2) is 0 Å². The molecule has 0 aromatic carbocycles. The Balaban J connectivity index is 2.59. The summed E-state index contributed by atoms with van der Waals surface area (Å²) in [5.74, 6) is 0. The van der Waals surface area contributed by atoms with Crippen molar-refractivity contribution >= 4 is 8.32 Å². The van der Waals surface area contributed by atoms with Gasteiger partial charge in [-0.3, -0.25) is 0 Å². The van der Waals surface area contributed by atoms with E-state index in [2.05, 4.69) is 39.9 Å². The molecule has 0 saturated heterocycles. The van der Waals surface area contributed by atoms with Crippen molar-refractivity contribution in [2.45, 2.75) is 64.2 Å². The molecule has 14 heavy (non-hydrogen) atoms. The van der Waals surface area contributed by atoms with Crippen LogP contribution in [-0.2, 0) is 4.43 Å². The van der Waals surface area contributed by atoms with Gasteiger partial charge < -0.3 is 4.43 Å². The van der Waals surface area contributed by atoms with Crippen LogP contribution >= 0.6 is 0 Å². The molecular formula is C12H24OSi. The molecule has 2 atom stereocenters. The van der Waals surface area contributed by atoms with Gasteiger partial charge >= 0.3 is 0 Å². The quantitative estimate of drug-likeness (QED) is 0.495. The molecule has 82 valence electrons. The predicted octanol–water partition coefficient (Wildman–Crippen LogP) is 4.12. The molecular weight excluding hydrogens is 188 g/mol. The summed E-state index contributed by atoms with van der Waals surface area (Å²) in [7, 11) is -1.63. The molecule has 0 aliphatic heterocycles. The maximum atomic E-state index is 7.58. The molecule has 0 unspecified atom stereocenters. The van der Waals surface area contributed by atoms with E-state index < -0.39 is 8.32 Å². The van der Waals surface area contributed by atoms with Gasteiger partial charge in [-0.15, -0.1) is 0 Å². The van der Waals surface area contributed by atoms with Gasteiger partial charge in [0.15, 0.2) is 8.32 Å². The minimum Gasteiger partial charge on any atom is -0.411 e. The van der Waals surface area contributed by atoms with Gasteiger partial charge in [0, 0.05) is 1.37 Å². The summed E-state index contributed by atoms with van der Waals surface area (Å²) in [6.07, 6.45) is 6.26. The molecule has 0 saturated carbocycles. The van der Waals surface area contributed by atoms with E-state index in [-0.39, 0.29) is 17.5 Å². The van der Waals surface area contributed by atoms with Crippen molar-refractivity contribution in [3.05, 3.63) is 12.2 Å². The first kappa shape index (κ1) is 10.4. The van der Waals surface area contributed by atoms with Gasteiger partial charge in [0.05, 0.1) is 6.10 Å². The summed E-state index contributed by atoms with van der Waals surface area (Å²) in [4.78, 5) is 0. The zero-order chi connectivity index (χ0) is 11.7. The lowest BCUT2D eigenvalue weighted by Crippen LogP contribution is -2.43. The zero-order valence-corrected chi connectivity index (χ0v) is 11.1. The molecule has 0 fully saturated rings. The molecule has 2 heteroatoms. The van der Waals surface area contributed by atoms with Crippen LogP contribution in [0, 0.1) is 0 Å². The van der Waals surface area contributed by atoms with Crippen LogP contribution < -0.4 is 0 Å². The van der Waals surface area contributed by atoms with E-state index in [0.29, 0.717) is 0 Å². The monoisotopic (exact) mass is 213 g/mol. The summed E-state index contributed by atoms with van der Waals surface area (Å²) in [5, 5.41) is 0.276. The molecule has 0 radical (unpaired) electrons. The Morgan fingerprint density at radius 1 is 1.43 bits per heavy atom. The van der Waals surface area contributed by atoms with Crippen LogP contribution in [0.3, 0.4) is 0 Å². The van der Waals surface area contributed by atoms with Crippen molar-refractivity contribution in [3.63, 3.8) is 0 Å². The Morgan fingerprint density at radius 2 is 2.07 bits per heavy atom. The van der Waals surface area contributed by atoms with Gasteiger partial charge in [-0.2, -0.15) is 0 Å². The second-order valence-electron chi connectivity index (χ2n) is 5.61. The Bertz CT molecular complexity index is 242. The zero-order valence-electron chi connectivity index (χ0n) is 11.1. The topological polar surface area (TPSA) is 9.23 Å². The number of hydrogen-bond donors (Lipinski definition) is 0. The molecule has 0 N–H and O–H groups in total.